The largest absolute Gasteiger partial charge is 0.294 e. The highest BCUT2D eigenvalue weighted by atomic mass is 35.5. The van der Waals surface area contributed by atoms with Crippen LogP contribution in [0.3, 0.4) is 0 Å². The summed E-state index contributed by atoms with van der Waals surface area (Å²) in [7, 11) is -4.43. The maximum Gasteiger partial charge on any atom is 0.265 e. The van der Waals surface area contributed by atoms with E-state index in [0.717, 1.165) is 18.2 Å². The molecule has 0 radical (unpaired) electrons. The number of hydrogen-bond donors (Lipinski definition) is 1. The first kappa shape index (κ1) is 19.6. The van der Waals surface area contributed by atoms with Crippen LogP contribution in [0.2, 0.25) is 5.02 Å². The van der Waals surface area contributed by atoms with Crippen LogP contribution in [-0.2, 0) is 14.8 Å². The van der Waals surface area contributed by atoms with E-state index < -0.39 is 38.6 Å². The third-order valence-electron chi connectivity index (χ3n) is 3.37. The van der Waals surface area contributed by atoms with Gasteiger partial charge in [-0.2, -0.15) is 5.26 Å². The van der Waals surface area contributed by atoms with E-state index in [1.165, 1.54) is 30.3 Å². The first-order chi connectivity index (χ1) is 12.2. The minimum atomic E-state index is -4.43. The number of amides is 1. The first-order valence-electron chi connectivity index (χ1n) is 7.27. The molecule has 2 aromatic rings. The smallest absolute Gasteiger partial charge is 0.265 e. The van der Waals surface area contributed by atoms with Crippen LogP contribution in [0.5, 0.6) is 0 Å². The average Bonchev–Trinajstić information content (AvgIpc) is 2.59. The van der Waals surface area contributed by atoms with Crippen LogP contribution in [0.25, 0.3) is 0 Å². The number of halogens is 2. The van der Waals surface area contributed by atoms with Crippen LogP contribution in [0.4, 0.5) is 4.39 Å². The van der Waals surface area contributed by atoms with Gasteiger partial charge in [0.15, 0.2) is 5.78 Å². The lowest BCUT2D eigenvalue weighted by Gasteiger charge is -2.08. The summed E-state index contributed by atoms with van der Waals surface area (Å²) >= 11 is 5.72. The van der Waals surface area contributed by atoms with Crippen LogP contribution in [0, 0.1) is 17.1 Å². The molecule has 0 aromatic heterocycles. The van der Waals surface area contributed by atoms with Crippen LogP contribution in [0.15, 0.2) is 47.4 Å². The number of benzene rings is 2. The molecule has 0 heterocycles. The third kappa shape index (κ3) is 4.65. The Morgan fingerprint density at radius 1 is 1.12 bits per heavy atom. The number of carbonyl (C=O) groups is 2. The molecule has 0 unspecified atom stereocenters. The van der Waals surface area contributed by atoms with Crippen molar-refractivity contribution >= 4 is 33.3 Å². The minimum Gasteiger partial charge on any atom is -0.294 e. The van der Waals surface area contributed by atoms with Crippen molar-refractivity contribution in [3.05, 3.63) is 64.4 Å². The van der Waals surface area contributed by atoms with Gasteiger partial charge in [0.05, 0.1) is 0 Å². The monoisotopic (exact) mass is 394 g/mol. The summed E-state index contributed by atoms with van der Waals surface area (Å²) in [6.07, 6.45) is -0.616. The number of sulfonamides is 1. The lowest BCUT2D eigenvalue weighted by atomic mass is 10.1. The zero-order valence-corrected chi connectivity index (χ0v) is 14.8. The van der Waals surface area contributed by atoms with Crippen molar-refractivity contribution in [2.45, 2.75) is 17.7 Å². The van der Waals surface area contributed by atoms with Gasteiger partial charge in [0, 0.05) is 23.4 Å². The van der Waals surface area contributed by atoms with Gasteiger partial charge in [-0.1, -0.05) is 17.7 Å². The van der Waals surface area contributed by atoms with Crippen LogP contribution in [0.1, 0.15) is 28.8 Å². The van der Waals surface area contributed by atoms with E-state index in [0.29, 0.717) is 10.6 Å². The number of hydrogen-bond acceptors (Lipinski definition) is 5. The lowest BCUT2D eigenvalue weighted by Crippen LogP contribution is -2.31. The van der Waals surface area contributed by atoms with Gasteiger partial charge in [-0.25, -0.2) is 17.5 Å². The summed E-state index contributed by atoms with van der Waals surface area (Å²) in [4.78, 5) is 23.2. The average molecular weight is 395 g/mol. The Bertz CT molecular complexity index is 998. The number of nitriles is 1. The standard InChI is InChI=1S/C17H12ClFN2O4S/c18-12-6-4-11(5-7-12)15(22)8-9-17(23)21-26(24,25)16-3-1-2-14(19)13(16)10-20/h1-7H,8-9H2,(H,21,23). The van der Waals surface area contributed by atoms with Crippen LogP contribution in [-0.4, -0.2) is 20.1 Å². The van der Waals surface area contributed by atoms with Crippen molar-refractivity contribution in [3.8, 4) is 6.07 Å². The predicted molar refractivity (Wildman–Crippen MR) is 91.5 cm³/mol. The molecule has 0 aliphatic heterocycles. The molecule has 0 saturated carbocycles. The van der Waals surface area contributed by atoms with Crippen molar-refractivity contribution in [2.24, 2.45) is 0 Å². The second-order valence-corrected chi connectivity index (χ2v) is 7.27. The van der Waals surface area contributed by atoms with E-state index in [9.17, 15) is 22.4 Å². The number of ketones is 1. The summed E-state index contributed by atoms with van der Waals surface area (Å²) < 4.78 is 39.6. The number of rotatable bonds is 6. The Labute approximate surface area is 154 Å². The van der Waals surface area contributed by atoms with Gasteiger partial charge in [-0.3, -0.25) is 9.59 Å². The summed E-state index contributed by atoms with van der Waals surface area (Å²) in [5.41, 5.74) is -0.355. The van der Waals surface area contributed by atoms with Gasteiger partial charge >= 0.3 is 0 Å². The topological polar surface area (TPSA) is 104 Å². The van der Waals surface area contributed by atoms with E-state index in [1.54, 1.807) is 4.72 Å². The highest BCUT2D eigenvalue weighted by Gasteiger charge is 2.23. The van der Waals surface area contributed by atoms with Gasteiger partial charge in [-0.15, -0.1) is 0 Å². The number of nitrogens with zero attached hydrogens (tertiary/aromatic N) is 1. The quantitative estimate of drug-likeness (QED) is 0.758. The van der Waals surface area contributed by atoms with Crippen molar-refractivity contribution in [1.29, 1.82) is 5.26 Å². The molecule has 2 aromatic carbocycles. The van der Waals surface area contributed by atoms with Gasteiger partial charge < -0.3 is 0 Å². The molecule has 0 spiro atoms. The summed E-state index contributed by atoms with van der Waals surface area (Å²) in [5, 5.41) is 9.35. The number of nitrogens with one attached hydrogen (secondary N) is 1. The lowest BCUT2D eigenvalue weighted by molar-refractivity contribution is -0.119. The molecule has 9 heteroatoms. The fourth-order valence-corrected chi connectivity index (χ4v) is 3.41. The van der Waals surface area contributed by atoms with E-state index >= 15 is 0 Å². The fourth-order valence-electron chi connectivity index (χ4n) is 2.10. The minimum absolute atomic E-state index is 0.225. The molecule has 0 aliphatic rings. The van der Waals surface area contributed by atoms with Gasteiger partial charge in [0.1, 0.15) is 22.3 Å². The highest BCUT2D eigenvalue weighted by molar-refractivity contribution is 7.90. The maximum atomic E-state index is 13.5. The second-order valence-electron chi connectivity index (χ2n) is 5.18. The molecule has 0 aliphatic carbocycles. The Hall–Kier alpha value is -2.76. The molecule has 2 rings (SSSR count). The molecule has 0 saturated heterocycles. The molecule has 6 nitrogen and oxygen atoms in total. The van der Waals surface area contributed by atoms with Crippen molar-refractivity contribution in [3.63, 3.8) is 0 Å². The summed E-state index contributed by atoms with van der Waals surface area (Å²) in [6.45, 7) is 0. The molecular formula is C17H12ClFN2O4S. The van der Waals surface area contributed by atoms with E-state index in [2.05, 4.69) is 0 Å². The molecule has 26 heavy (non-hydrogen) atoms. The van der Waals surface area contributed by atoms with Crippen molar-refractivity contribution in [2.75, 3.05) is 0 Å². The van der Waals surface area contributed by atoms with E-state index in [1.807, 2.05) is 0 Å². The molecular weight excluding hydrogens is 383 g/mol. The normalized spacial score (nSPS) is 10.8. The number of Topliss-reactive ketones (excluding diaryl/α,β-unsaturated/α-hetero) is 1. The van der Waals surface area contributed by atoms with Crippen LogP contribution < -0.4 is 4.72 Å². The predicted octanol–water partition coefficient (Wildman–Crippen LogP) is 2.82. The SMILES string of the molecule is N#Cc1c(F)cccc1S(=O)(=O)NC(=O)CCC(=O)c1ccc(Cl)cc1. The molecule has 1 N–H and O–H groups in total. The second kappa shape index (κ2) is 8.08. The number of carbonyl (C=O) groups excluding carboxylic acids is 2. The fraction of sp³-hybridized carbons (Fsp3) is 0.118. The highest BCUT2D eigenvalue weighted by Crippen LogP contribution is 2.18. The Kier molecular flexibility index (Phi) is 6.08. The Morgan fingerprint density at radius 2 is 1.77 bits per heavy atom. The van der Waals surface area contributed by atoms with Gasteiger partial charge in [-0.05, 0) is 36.4 Å². The third-order valence-corrected chi connectivity index (χ3v) is 5.04. The zero-order valence-electron chi connectivity index (χ0n) is 13.2. The first-order valence-corrected chi connectivity index (χ1v) is 9.14. The maximum absolute atomic E-state index is 13.5. The Balaban J connectivity index is 2.05. The van der Waals surface area contributed by atoms with Crippen molar-refractivity contribution in [1.82, 2.24) is 4.72 Å². The van der Waals surface area contributed by atoms with Crippen LogP contribution >= 0.6 is 11.6 Å². The summed E-state index contributed by atoms with van der Waals surface area (Å²) in [5.74, 6) is -2.32. The summed E-state index contributed by atoms with van der Waals surface area (Å²) in [6, 6.07) is 10.5. The van der Waals surface area contributed by atoms with Gasteiger partial charge in [0.2, 0.25) is 5.91 Å². The molecule has 0 atom stereocenters. The van der Waals surface area contributed by atoms with Crippen molar-refractivity contribution < 1.29 is 22.4 Å². The molecule has 1 amide bonds. The van der Waals surface area contributed by atoms with E-state index in [4.69, 9.17) is 16.9 Å². The van der Waals surface area contributed by atoms with E-state index in [-0.39, 0.29) is 12.2 Å². The molecule has 0 bridgehead atoms. The van der Waals surface area contributed by atoms with Gasteiger partial charge in [0.25, 0.3) is 10.0 Å². The molecule has 0 fully saturated rings. The Morgan fingerprint density at radius 3 is 2.38 bits per heavy atom. The zero-order chi connectivity index (χ0) is 19.3. The molecule has 134 valence electrons.